The fraction of sp³-hybridized carbons (Fsp3) is 0.182. The highest BCUT2D eigenvalue weighted by atomic mass is 79.9. The maximum atomic E-state index is 14.2. The van der Waals surface area contributed by atoms with Gasteiger partial charge in [-0.2, -0.15) is 9.78 Å². The number of halogens is 2. The SMILES string of the molecule is COc1cc(C)c(-c2nc3ccccc3c(=O)n2N=Cc2cc(Br)ccc2OCc2ccccc2F)cc1C(C)C. The van der Waals surface area contributed by atoms with Crippen LogP contribution in [0, 0.1) is 12.7 Å². The highest BCUT2D eigenvalue weighted by Crippen LogP contribution is 2.34. The van der Waals surface area contributed by atoms with E-state index < -0.39 is 0 Å². The number of benzene rings is 4. The van der Waals surface area contributed by atoms with E-state index in [4.69, 9.17) is 14.5 Å². The summed E-state index contributed by atoms with van der Waals surface area (Å²) in [4.78, 5) is 18.7. The molecule has 0 atom stereocenters. The number of fused-ring (bicyclic) bond motifs is 1. The van der Waals surface area contributed by atoms with Crippen LogP contribution in [0.15, 0.2) is 93.2 Å². The average Bonchev–Trinajstić information content (AvgIpc) is 2.96. The Morgan fingerprint density at radius 2 is 1.78 bits per heavy atom. The molecule has 5 rings (SSSR count). The van der Waals surface area contributed by atoms with Gasteiger partial charge in [0, 0.05) is 21.2 Å². The Labute approximate surface area is 246 Å². The van der Waals surface area contributed by atoms with Crippen molar-refractivity contribution in [1.82, 2.24) is 9.66 Å². The van der Waals surface area contributed by atoms with E-state index in [2.05, 4.69) is 34.9 Å². The molecule has 0 aliphatic heterocycles. The van der Waals surface area contributed by atoms with Gasteiger partial charge >= 0.3 is 0 Å². The third-order valence-corrected chi connectivity index (χ3v) is 7.31. The molecular formula is C33H29BrFN3O3. The fourth-order valence-corrected chi connectivity index (χ4v) is 4.99. The summed E-state index contributed by atoms with van der Waals surface area (Å²) in [5.74, 6) is 1.53. The van der Waals surface area contributed by atoms with Crippen LogP contribution in [0.25, 0.3) is 22.3 Å². The largest absolute Gasteiger partial charge is 0.496 e. The summed E-state index contributed by atoms with van der Waals surface area (Å²) in [6.45, 7) is 6.18. The second-order valence-corrected chi connectivity index (χ2v) is 10.9. The van der Waals surface area contributed by atoms with Gasteiger partial charge in [0.1, 0.15) is 23.9 Å². The van der Waals surface area contributed by atoms with Gasteiger partial charge < -0.3 is 9.47 Å². The van der Waals surface area contributed by atoms with Crippen molar-refractivity contribution in [3.63, 3.8) is 0 Å². The summed E-state index contributed by atoms with van der Waals surface area (Å²) < 4.78 is 27.9. The maximum absolute atomic E-state index is 14.2. The van der Waals surface area contributed by atoms with E-state index in [0.29, 0.717) is 33.6 Å². The first-order valence-corrected chi connectivity index (χ1v) is 14.0. The zero-order valence-corrected chi connectivity index (χ0v) is 24.8. The highest BCUT2D eigenvalue weighted by molar-refractivity contribution is 9.10. The van der Waals surface area contributed by atoms with Crippen LogP contribution in [0.2, 0.25) is 0 Å². The van der Waals surface area contributed by atoms with Crippen molar-refractivity contribution >= 4 is 33.0 Å². The Kier molecular flexibility index (Phi) is 8.31. The molecule has 0 saturated heterocycles. The lowest BCUT2D eigenvalue weighted by Crippen LogP contribution is -2.21. The van der Waals surface area contributed by atoms with Gasteiger partial charge in [0.15, 0.2) is 5.82 Å². The van der Waals surface area contributed by atoms with E-state index in [9.17, 15) is 9.18 Å². The second kappa shape index (κ2) is 12.1. The van der Waals surface area contributed by atoms with Crippen molar-refractivity contribution in [2.45, 2.75) is 33.3 Å². The first-order valence-electron chi connectivity index (χ1n) is 13.2. The molecule has 0 aliphatic rings. The van der Waals surface area contributed by atoms with Gasteiger partial charge in [-0.15, -0.1) is 0 Å². The lowest BCUT2D eigenvalue weighted by atomic mass is 9.96. The fourth-order valence-electron chi connectivity index (χ4n) is 4.61. The minimum absolute atomic E-state index is 0.0426. The Balaban J connectivity index is 1.64. The van der Waals surface area contributed by atoms with Crippen molar-refractivity contribution in [1.29, 1.82) is 0 Å². The zero-order chi connectivity index (χ0) is 29.1. The molecule has 0 aliphatic carbocycles. The number of aryl methyl sites for hydroxylation is 1. The lowest BCUT2D eigenvalue weighted by molar-refractivity contribution is 0.299. The smallest absolute Gasteiger partial charge is 0.282 e. The Morgan fingerprint density at radius 1 is 1.02 bits per heavy atom. The first-order chi connectivity index (χ1) is 19.8. The zero-order valence-electron chi connectivity index (χ0n) is 23.2. The van der Waals surface area contributed by atoms with Crippen LogP contribution in [-0.4, -0.2) is 23.0 Å². The van der Waals surface area contributed by atoms with E-state index in [1.807, 2.05) is 43.3 Å². The van der Waals surface area contributed by atoms with Crippen LogP contribution in [0.3, 0.4) is 0 Å². The number of rotatable bonds is 8. The van der Waals surface area contributed by atoms with Gasteiger partial charge in [-0.25, -0.2) is 9.37 Å². The van der Waals surface area contributed by atoms with E-state index in [-0.39, 0.29) is 23.9 Å². The van der Waals surface area contributed by atoms with Crippen molar-refractivity contribution in [3.8, 4) is 22.9 Å². The molecule has 1 aromatic heterocycles. The van der Waals surface area contributed by atoms with E-state index in [1.54, 1.807) is 49.7 Å². The summed E-state index contributed by atoms with van der Waals surface area (Å²) in [5.41, 5.74) is 4.00. The number of ether oxygens (including phenoxy) is 2. The molecule has 4 aromatic carbocycles. The van der Waals surface area contributed by atoms with Crippen LogP contribution >= 0.6 is 15.9 Å². The van der Waals surface area contributed by atoms with E-state index in [0.717, 1.165) is 26.9 Å². The summed E-state index contributed by atoms with van der Waals surface area (Å²) in [7, 11) is 1.65. The van der Waals surface area contributed by atoms with E-state index in [1.165, 1.54) is 10.7 Å². The number of hydrogen-bond donors (Lipinski definition) is 0. The summed E-state index contributed by atoms with van der Waals surface area (Å²) in [6, 6.07) is 23.1. The third-order valence-electron chi connectivity index (χ3n) is 6.82. The number of nitrogens with zero attached hydrogens (tertiary/aromatic N) is 3. The summed E-state index contributed by atoms with van der Waals surface area (Å²) in [5, 5.41) is 5.10. The summed E-state index contributed by atoms with van der Waals surface area (Å²) in [6.07, 6.45) is 1.56. The third kappa shape index (κ3) is 5.93. The minimum Gasteiger partial charge on any atom is -0.496 e. The number of para-hydroxylation sites is 1. The predicted molar refractivity (Wildman–Crippen MR) is 165 cm³/mol. The molecule has 208 valence electrons. The summed E-state index contributed by atoms with van der Waals surface area (Å²) >= 11 is 3.50. The van der Waals surface area contributed by atoms with Gasteiger partial charge in [-0.3, -0.25) is 4.79 Å². The standard InChI is InChI=1S/C33H29BrFN3O3/c1-20(2)26-17-27(21(3)15-31(26)40-4)32-37-29-12-8-6-10-25(29)33(39)38(32)36-18-23-16-24(34)13-14-30(23)41-19-22-9-5-7-11-28(22)35/h5-18,20H,19H2,1-4H3. The molecule has 0 fully saturated rings. The van der Waals surface area contributed by atoms with Crippen LogP contribution in [0.1, 0.15) is 42.0 Å². The van der Waals surface area contributed by atoms with Crippen LogP contribution < -0.4 is 15.0 Å². The maximum Gasteiger partial charge on any atom is 0.282 e. The number of methoxy groups -OCH3 is 1. The topological polar surface area (TPSA) is 65.7 Å². The normalized spacial score (nSPS) is 11.5. The Bertz CT molecular complexity index is 1830. The molecule has 0 bridgehead atoms. The minimum atomic E-state index is -0.339. The van der Waals surface area contributed by atoms with Crippen LogP contribution in [0.4, 0.5) is 4.39 Å². The van der Waals surface area contributed by atoms with Gasteiger partial charge in [0.05, 0.1) is 24.2 Å². The molecule has 8 heteroatoms. The molecule has 0 N–H and O–H groups in total. The molecule has 0 spiro atoms. The number of aromatic nitrogens is 2. The Morgan fingerprint density at radius 3 is 2.54 bits per heavy atom. The highest BCUT2D eigenvalue weighted by Gasteiger charge is 2.18. The molecule has 5 aromatic rings. The van der Waals surface area contributed by atoms with Gasteiger partial charge in [-0.1, -0.05) is 60.1 Å². The first kappa shape index (κ1) is 28.2. The van der Waals surface area contributed by atoms with Crippen LogP contribution in [-0.2, 0) is 6.61 Å². The van der Waals surface area contributed by atoms with Crippen molar-refractivity contribution < 1.29 is 13.9 Å². The molecule has 0 radical (unpaired) electrons. The molecular weight excluding hydrogens is 585 g/mol. The molecule has 0 unspecified atom stereocenters. The van der Waals surface area contributed by atoms with Crippen molar-refractivity contribution in [2.24, 2.45) is 5.10 Å². The van der Waals surface area contributed by atoms with Crippen LogP contribution in [0.5, 0.6) is 11.5 Å². The lowest BCUT2D eigenvalue weighted by Gasteiger charge is -2.17. The van der Waals surface area contributed by atoms with E-state index >= 15 is 0 Å². The average molecular weight is 615 g/mol. The predicted octanol–water partition coefficient (Wildman–Crippen LogP) is 7.87. The van der Waals surface area contributed by atoms with Crippen molar-refractivity contribution in [3.05, 3.63) is 122 Å². The van der Waals surface area contributed by atoms with Crippen molar-refractivity contribution in [2.75, 3.05) is 7.11 Å². The Hall–Kier alpha value is -4.30. The molecule has 6 nitrogen and oxygen atoms in total. The second-order valence-electron chi connectivity index (χ2n) is 9.94. The van der Waals surface area contributed by atoms with Gasteiger partial charge in [0.2, 0.25) is 0 Å². The number of hydrogen-bond acceptors (Lipinski definition) is 5. The monoisotopic (exact) mass is 613 g/mol. The molecule has 1 heterocycles. The molecule has 41 heavy (non-hydrogen) atoms. The quantitative estimate of drug-likeness (QED) is 0.167. The molecule has 0 amide bonds. The molecule has 0 saturated carbocycles. The van der Waals surface area contributed by atoms with Gasteiger partial charge in [-0.05, 0) is 72.5 Å². The van der Waals surface area contributed by atoms with Gasteiger partial charge in [0.25, 0.3) is 5.56 Å².